The lowest BCUT2D eigenvalue weighted by Gasteiger charge is -2.34. The van der Waals surface area contributed by atoms with Crippen LogP contribution in [0.4, 0.5) is 15.2 Å². The van der Waals surface area contributed by atoms with Crippen molar-refractivity contribution in [1.29, 1.82) is 0 Å². The minimum absolute atomic E-state index is 0.125. The SMILES string of the molecule is O=C(NCCN1CCN(c2nc3c(F)cccc3s2)CC1)c1ccccc1NS(=O)(=O)c1ccccc1. The van der Waals surface area contributed by atoms with Gasteiger partial charge in [-0.25, -0.2) is 17.8 Å². The van der Waals surface area contributed by atoms with Gasteiger partial charge < -0.3 is 10.2 Å². The van der Waals surface area contributed by atoms with E-state index in [4.69, 9.17) is 0 Å². The number of piperazine rings is 1. The molecule has 1 aromatic heterocycles. The van der Waals surface area contributed by atoms with Crippen LogP contribution in [-0.4, -0.2) is 63.5 Å². The number of nitrogens with zero attached hydrogens (tertiary/aromatic N) is 3. The number of hydrogen-bond acceptors (Lipinski definition) is 7. The molecule has 0 aliphatic carbocycles. The number of sulfonamides is 1. The van der Waals surface area contributed by atoms with E-state index >= 15 is 0 Å². The summed E-state index contributed by atoms with van der Waals surface area (Å²) in [7, 11) is -3.81. The monoisotopic (exact) mass is 539 g/mol. The Morgan fingerprint density at radius 2 is 1.68 bits per heavy atom. The number of para-hydroxylation sites is 2. The molecule has 0 atom stereocenters. The Morgan fingerprint density at radius 3 is 2.43 bits per heavy atom. The molecule has 5 rings (SSSR count). The van der Waals surface area contributed by atoms with Crippen LogP contribution in [0.1, 0.15) is 10.4 Å². The summed E-state index contributed by atoms with van der Waals surface area (Å²) < 4.78 is 42.8. The van der Waals surface area contributed by atoms with Gasteiger partial charge in [-0.1, -0.05) is 47.7 Å². The smallest absolute Gasteiger partial charge is 0.261 e. The highest BCUT2D eigenvalue weighted by atomic mass is 32.2. The van der Waals surface area contributed by atoms with E-state index in [1.54, 1.807) is 48.5 Å². The number of benzene rings is 3. The highest BCUT2D eigenvalue weighted by molar-refractivity contribution is 7.92. The van der Waals surface area contributed by atoms with E-state index in [0.29, 0.717) is 18.6 Å². The van der Waals surface area contributed by atoms with Gasteiger partial charge in [-0.05, 0) is 36.4 Å². The van der Waals surface area contributed by atoms with E-state index in [2.05, 4.69) is 24.8 Å². The molecule has 4 aromatic rings. The first-order valence-electron chi connectivity index (χ1n) is 11.9. The summed E-state index contributed by atoms with van der Waals surface area (Å²) in [6.07, 6.45) is 0. The maximum Gasteiger partial charge on any atom is 0.261 e. The topological polar surface area (TPSA) is 94.6 Å². The second-order valence-electron chi connectivity index (χ2n) is 8.63. The van der Waals surface area contributed by atoms with E-state index in [1.807, 2.05) is 6.07 Å². The van der Waals surface area contributed by atoms with Crippen LogP contribution in [0.15, 0.2) is 77.7 Å². The number of carbonyl (C=O) groups excluding carboxylic acids is 1. The molecule has 192 valence electrons. The number of fused-ring (bicyclic) bond motifs is 1. The van der Waals surface area contributed by atoms with Crippen LogP contribution < -0.4 is 14.9 Å². The lowest BCUT2D eigenvalue weighted by Crippen LogP contribution is -2.48. The molecule has 3 aromatic carbocycles. The predicted molar refractivity (Wildman–Crippen MR) is 144 cm³/mol. The van der Waals surface area contributed by atoms with Crippen molar-refractivity contribution in [3.8, 4) is 0 Å². The molecule has 0 radical (unpaired) electrons. The number of aromatic nitrogens is 1. The molecular formula is C26H26FN5O3S2. The third kappa shape index (κ3) is 5.74. The Labute approximate surface area is 218 Å². The number of nitrogens with one attached hydrogen (secondary N) is 2. The Balaban J connectivity index is 1.14. The van der Waals surface area contributed by atoms with Crippen molar-refractivity contribution in [3.63, 3.8) is 0 Å². The van der Waals surface area contributed by atoms with Crippen LogP contribution >= 0.6 is 11.3 Å². The summed E-state index contributed by atoms with van der Waals surface area (Å²) in [6, 6.07) is 19.6. The Morgan fingerprint density at radius 1 is 0.946 bits per heavy atom. The average Bonchev–Trinajstić information content (AvgIpc) is 3.35. The standard InChI is InChI=1S/C26H26FN5O3S2/c27-21-10-6-12-23-24(21)29-26(36-23)32-17-15-31(16-18-32)14-13-28-25(33)20-9-4-5-11-22(20)30-37(34,35)19-7-2-1-3-8-19/h1-12,30H,13-18H2,(H,28,33). The van der Waals surface area contributed by atoms with Crippen molar-refractivity contribution in [2.24, 2.45) is 0 Å². The molecule has 2 heterocycles. The largest absolute Gasteiger partial charge is 0.351 e. The van der Waals surface area contributed by atoms with Crippen molar-refractivity contribution in [2.45, 2.75) is 4.90 Å². The summed E-state index contributed by atoms with van der Waals surface area (Å²) in [5, 5.41) is 3.72. The van der Waals surface area contributed by atoms with E-state index < -0.39 is 10.0 Å². The van der Waals surface area contributed by atoms with E-state index in [0.717, 1.165) is 36.0 Å². The first-order valence-corrected chi connectivity index (χ1v) is 14.2. The molecule has 11 heteroatoms. The van der Waals surface area contributed by atoms with Crippen LogP contribution in [0, 0.1) is 5.82 Å². The van der Waals surface area contributed by atoms with Gasteiger partial charge in [-0.3, -0.25) is 14.4 Å². The molecular weight excluding hydrogens is 513 g/mol. The molecule has 0 saturated carbocycles. The molecule has 37 heavy (non-hydrogen) atoms. The van der Waals surface area contributed by atoms with Crippen LogP contribution in [0.3, 0.4) is 0 Å². The van der Waals surface area contributed by atoms with E-state index in [-0.39, 0.29) is 27.9 Å². The molecule has 0 bridgehead atoms. The normalized spacial score (nSPS) is 14.6. The quantitative estimate of drug-likeness (QED) is 0.354. The molecule has 1 fully saturated rings. The van der Waals surface area contributed by atoms with Crippen molar-refractivity contribution >= 4 is 48.3 Å². The van der Waals surface area contributed by atoms with Gasteiger partial charge in [-0.15, -0.1) is 0 Å². The minimum Gasteiger partial charge on any atom is -0.351 e. The second kappa shape index (κ2) is 10.8. The second-order valence-corrected chi connectivity index (χ2v) is 11.3. The first-order chi connectivity index (χ1) is 17.9. The summed E-state index contributed by atoms with van der Waals surface area (Å²) in [5.41, 5.74) is 0.901. The van der Waals surface area contributed by atoms with Gasteiger partial charge in [0.05, 0.1) is 20.8 Å². The van der Waals surface area contributed by atoms with Crippen LogP contribution in [0.5, 0.6) is 0 Å². The van der Waals surface area contributed by atoms with Crippen LogP contribution in [0.25, 0.3) is 10.2 Å². The molecule has 0 unspecified atom stereocenters. The zero-order chi connectivity index (χ0) is 25.8. The van der Waals surface area contributed by atoms with Gasteiger partial charge in [0.15, 0.2) is 5.13 Å². The van der Waals surface area contributed by atoms with Crippen molar-refractivity contribution < 1.29 is 17.6 Å². The zero-order valence-corrected chi connectivity index (χ0v) is 21.6. The van der Waals surface area contributed by atoms with Gasteiger partial charge in [0.25, 0.3) is 15.9 Å². The third-order valence-corrected chi connectivity index (χ3v) is 8.65. The van der Waals surface area contributed by atoms with E-state index in [9.17, 15) is 17.6 Å². The number of halogens is 1. The van der Waals surface area contributed by atoms with Crippen LogP contribution in [0.2, 0.25) is 0 Å². The number of rotatable bonds is 8. The maximum atomic E-state index is 14.0. The molecule has 1 aliphatic heterocycles. The number of amides is 1. The molecule has 2 N–H and O–H groups in total. The first kappa shape index (κ1) is 25.1. The Hall–Kier alpha value is -3.54. The molecule has 8 nitrogen and oxygen atoms in total. The van der Waals surface area contributed by atoms with Gasteiger partial charge in [0.2, 0.25) is 0 Å². The van der Waals surface area contributed by atoms with Gasteiger partial charge in [0.1, 0.15) is 11.3 Å². The molecule has 1 aliphatic rings. The summed E-state index contributed by atoms with van der Waals surface area (Å²) in [5.74, 6) is -0.648. The summed E-state index contributed by atoms with van der Waals surface area (Å²) in [6.45, 7) is 4.19. The summed E-state index contributed by atoms with van der Waals surface area (Å²) in [4.78, 5) is 21.9. The number of anilines is 2. The van der Waals surface area contributed by atoms with E-state index in [1.165, 1.54) is 29.5 Å². The molecule has 0 spiro atoms. The fourth-order valence-electron chi connectivity index (χ4n) is 4.20. The maximum absolute atomic E-state index is 14.0. The van der Waals surface area contributed by atoms with Gasteiger partial charge >= 0.3 is 0 Å². The predicted octanol–water partition coefficient (Wildman–Crippen LogP) is 3.79. The number of carbonyl (C=O) groups is 1. The fourth-order valence-corrected chi connectivity index (χ4v) is 6.33. The van der Waals surface area contributed by atoms with Gasteiger partial charge in [-0.2, -0.15) is 0 Å². The number of hydrogen-bond donors (Lipinski definition) is 2. The highest BCUT2D eigenvalue weighted by Gasteiger charge is 2.21. The highest BCUT2D eigenvalue weighted by Crippen LogP contribution is 2.30. The summed E-state index contributed by atoms with van der Waals surface area (Å²) >= 11 is 1.49. The Bertz CT molecular complexity index is 1500. The van der Waals surface area contributed by atoms with Crippen molar-refractivity contribution in [3.05, 3.63) is 84.2 Å². The lowest BCUT2D eigenvalue weighted by atomic mass is 10.1. The third-order valence-electron chi connectivity index (χ3n) is 6.18. The lowest BCUT2D eigenvalue weighted by molar-refractivity contribution is 0.0948. The van der Waals surface area contributed by atoms with Crippen molar-refractivity contribution in [2.75, 3.05) is 48.9 Å². The van der Waals surface area contributed by atoms with Crippen molar-refractivity contribution in [1.82, 2.24) is 15.2 Å². The van der Waals surface area contributed by atoms with Crippen LogP contribution in [-0.2, 0) is 10.0 Å². The van der Waals surface area contributed by atoms with Gasteiger partial charge in [0, 0.05) is 39.3 Å². The number of thiazole rings is 1. The fraction of sp³-hybridized carbons (Fsp3) is 0.231. The molecule has 1 amide bonds. The zero-order valence-electron chi connectivity index (χ0n) is 19.9. The minimum atomic E-state index is -3.81. The Kier molecular flexibility index (Phi) is 7.36. The molecule has 1 saturated heterocycles. The average molecular weight is 540 g/mol.